The first-order chi connectivity index (χ1) is 5.56. The third-order valence-corrected chi connectivity index (χ3v) is 0.743. The number of aliphatic hydroxyl groups excluding tert-OH is 1. The van der Waals surface area contributed by atoms with E-state index in [4.69, 9.17) is 5.11 Å². The Balaban J connectivity index is -0.000000605. The summed E-state index contributed by atoms with van der Waals surface area (Å²) in [5, 5.41) is 9.07. The maximum Gasteiger partial charge on any atom is 0.326 e. The molecule has 0 aromatic rings. The maximum absolute atomic E-state index is 10.4. The van der Waals surface area contributed by atoms with Crippen LogP contribution < -0.4 is 12.3 Å². The van der Waals surface area contributed by atoms with Crippen molar-refractivity contribution in [2.24, 2.45) is 0 Å². The molecule has 0 saturated heterocycles. The molecule has 0 bridgehead atoms. The molecule has 8 heteroatoms. The van der Waals surface area contributed by atoms with Gasteiger partial charge in [-0.15, -0.1) is 0 Å². The smallest absolute Gasteiger partial charge is 0.326 e. The maximum atomic E-state index is 10.4. The molecule has 0 unspecified atom stereocenters. The zero-order valence-corrected chi connectivity index (χ0v) is 8.36. The van der Waals surface area contributed by atoms with Crippen LogP contribution in [0.1, 0.15) is 13.8 Å². The van der Waals surface area contributed by atoms with Crippen molar-refractivity contribution in [2.45, 2.75) is 13.8 Å². The minimum atomic E-state index is -0.621. The van der Waals surface area contributed by atoms with Crippen molar-refractivity contribution >= 4 is 11.9 Å². The van der Waals surface area contributed by atoms with Crippen LogP contribution in [0.5, 0.6) is 0 Å². The lowest BCUT2D eigenvalue weighted by molar-refractivity contribution is -0.324. The molecule has 7 N–H and O–H groups in total. The monoisotopic (exact) mass is 211 g/mol. The first kappa shape index (κ1) is 18.5. The SMILES string of the molecule is CC(=O)ON(CCO)OC(C)=O.N.N. The van der Waals surface area contributed by atoms with Gasteiger partial charge in [-0.05, 0) is 0 Å². The van der Waals surface area contributed by atoms with E-state index in [-0.39, 0.29) is 25.5 Å². The number of hydrogen-bond donors (Lipinski definition) is 3. The van der Waals surface area contributed by atoms with E-state index in [9.17, 15) is 9.59 Å². The molecule has 0 rings (SSSR count). The highest BCUT2D eigenvalue weighted by Gasteiger charge is 2.10. The molecule has 0 amide bonds. The zero-order chi connectivity index (χ0) is 9.56. The fourth-order valence-electron chi connectivity index (χ4n) is 0.478. The second-order valence-electron chi connectivity index (χ2n) is 1.95. The number of rotatable bonds is 4. The van der Waals surface area contributed by atoms with Gasteiger partial charge in [0, 0.05) is 19.1 Å². The fraction of sp³-hybridized carbons (Fsp3) is 0.667. The van der Waals surface area contributed by atoms with E-state index in [2.05, 4.69) is 9.68 Å². The van der Waals surface area contributed by atoms with Crippen LogP contribution in [0.4, 0.5) is 0 Å². The summed E-state index contributed by atoms with van der Waals surface area (Å²) in [6, 6.07) is 0. The van der Waals surface area contributed by atoms with Crippen molar-refractivity contribution in [2.75, 3.05) is 13.2 Å². The molecule has 0 aliphatic heterocycles. The summed E-state index contributed by atoms with van der Waals surface area (Å²) in [7, 11) is 0. The van der Waals surface area contributed by atoms with E-state index in [1.807, 2.05) is 0 Å². The molecule has 86 valence electrons. The van der Waals surface area contributed by atoms with Gasteiger partial charge < -0.3 is 27.1 Å². The summed E-state index contributed by atoms with van der Waals surface area (Å²) in [5.74, 6) is -1.24. The van der Waals surface area contributed by atoms with E-state index >= 15 is 0 Å². The summed E-state index contributed by atoms with van der Waals surface area (Å²) in [4.78, 5) is 29.5. The molecule has 0 saturated carbocycles. The second kappa shape index (κ2) is 9.86. The van der Waals surface area contributed by atoms with Gasteiger partial charge in [-0.25, -0.2) is 0 Å². The topological polar surface area (TPSA) is 146 Å². The molecule has 0 aliphatic rings. The number of carbonyl (C=O) groups excluding carboxylic acids is 2. The van der Waals surface area contributed by atoms with Crippen molar-refractivity contribution < 1.29 is 24.4 Å². The number of nitrogens with zero attached hydrogens (tertiary/aromatic N) is 1. The lowest BCUT2D eigenvalue weighted by Crippen LogP contribution is -2.31. The predicted octanol–water partition coefficient (Wildman–Crippen LogP) is -0.439. The minimum Gasteiger partial charge on any atom is -0.395 e. The fourth-order valence-corrected chi connectivity index (χ4v) is 0.478. The lowest BCUT2D eigenvalue weighted by atomic mass is 10.7. The van der Waals surface area contributed by atoms with Gasteiger partial charge in [-0.3, -0.25) is 9.59 Å². The average molecular weight is 211 g/mol. The van der Waals surface area contributed by atoms with Crippen molar-refractivity contribution in [3.05, 3.63) is 0 Å². The van der Waals surface area contributed by atoms with Crippen LogP contribution in [0.15, 0.2) is 0 Å². The molecule has 14 heavy (non-hydrogen) atoms. The Morgan fingerprint density at radius 2 is 1.50 bits per heavy atom. The van der Waals surface area contributed by atoms with Gasteiger partial charge in [0.05, 0.1) is 13.2 Å². The molecule has 0 heterocycles. The zero-order valence-electron chi connectivity index (χ0n) is 8.36. The summed E-state index contributed by atoms with van der Waals surface area (Å²) in [6.45, 7) is 1.97. The van der Waals surface area contributed by atoms with Crippen LogP contribution >= 0.6 is 0 Å². The molecule has 0 aromatic heterocycles. The molecule has 0 spiro atoms. The molecule has 0 atom stereocenters. The largest absolute Gasteiger partial charge is 0.395 e. The Labute approximate surface area is 81.8 Å². The summed E-state index contributed by atoms with van der Waals surface area (Å²) in [5.41, 5.74) is 0. The van der Waals surface area contributed by atoms with Crippen LogP contribution in [0.3, 0.4) is 0 Å². The average Bonchev–Trinajstić information content (AvgIpc) is 1.84. The van der Waals surface area contributed by atoms with Gasteiger partial charge in [-0.2, -0.15) is 0 Å². The molecule has 8 nitrogen and oxygen atoms in total. The van der Waals surface area contributed by atoms with E-state index in [1.165, 1.54) is 0 Å². The number of hydrogen-bond acceptors (Lipinski definition) is 8. The Morgan fingerprint density at radius 1 is 1.14 bits per heavy atom. The Hall–Kier alpha value is -1.22. The van der Waals surface area contributed by atoms with E-state index in [0.717, 1.165) is 13.8 Å². The van der Waals surface area contributed by atoms with Crippen LogP contribution in [0, 0.1) is 0 Å². The van der Waals surface area contributed by atoms with Gasteiger partial charge in [-0.1, -0.05) is 0 Å². The number of hydroxylamine groups is 2. The van der Waals surface area contributed by atoms with Crippen molar-refractivity contribution in [3.63, 3.8) is 0 Å². The van der Waals surface area contributed by atoms with E-state index < -0.39 is 11.9 Å². The van der Waals surface area contributed by atoms with E-state index in [1.54, 1.807) is 0 Å². The molecule has 0 fully saturated rings. The molecular formula is C6H17N3O5. The first-order valence-electron chi connectivity index (χ1n) is 3.31. The summed E-state index contributed by atoms with van der Waals surface area (Å²) in [6.07, 6.45) is 0. The van der Waals surface area contributed by atoms with Gasteiger partial charge >= 0.3 is 11.9 Å². The van der Waals surface area contributed by atoms with Crippen molar-refractivity contribution in [3.8, 4) is 0 Å². The second-order valence-corrected chi connectivity index (χ2v) is 1.95. The van der Waals surface area contributed by atoms with Gasteiger partial charge in [0.15, 0.2) is 0 Å². The third-order valence-electron chi connectivity index (χ3n) is 0.743. The predicted molar refractivity (Wildman–Crippen MR) is 47.4 cm³/mol. The number of carbonyl (C=O) groups is 2. The Morgan fingerprint density at radius 3 is 1.71 bits per heavy atom. The molecular weight excluding hydrogens is 194 g/mol. The van der Waals surface area contributed by atoms with Crippen molar-refractivity contribution in [1.82, 2.24) is 17.5 Å². The first-order valence-corrected chi connectivity index (χ1v) is 3.31. The quantitative estimate of drug-likeness (QED) is 0.530. The summed E-state index contributed by atoms with van der Waals surface area (Å²) >= 11 is 0. The molecule has 0 aromatic carbocycles. The lowest BCUT2D eigenvalue weighted by Gasteiger charge is -2.16. The van der Waals surface area contributed by atoms with Crippen LogP contribution in [-0.4, -0.2) is 35.4 Å². The van der Waals surface area contributed by atoms with Gasteiger partial charge in [0.25, 0.3) is 0 Å². The number of aliphatic hydroxyl groups is 1. The third kappa shape index (κ3) is 10.8. The van der Waals surface area contributed by atoms with Gasteiger partial charge in [0.1, 0.15) is 0 Å². The summed E-state index contributed by atoms with van der Waals surface area (Å²) < 4.78 is 0. The highest BCUT2D eigenvalue weighted by molar-refractivity contribution is 5.67. The standard InChI is InChI=1S/C6H11NO5.2H3N/c1-5(9)11-7(3-4-8)12-6(2)10;;/h8H,3-4H2,1-2H3;2*1H3. The minimum absolute atomic E-state index is 0. The molecule has 0 aliphatic carbocycles. The van der Waals surface area contributed by atoms with Gasteiger partial charge in [0.2, 0.25) is 0 Å². The van der Waals surface area contributed by atoms with E-state index in [0.29, 0.717) is 5.23 Å². The highest BCUT2D eigenvalue weighted by atomic mass is 17.0. The Bertz CT molecular complexity index is 159. The normalized spacial score (nSPS) is 8.29. The van der Waals surface area contributed by atoms with Crippen LogP contribution in [-0.2, 0) is 19.3 Å². The highest BCUT2D eigenvalue weighted by Crippen LogP contribution is 1.92. The molecule has 0 radical (unpaired) electrons. The van der Waals surface area contributed by atoms with Crippen LogP contribution in [0.2, 0.25) is 0 Å². The Kier molecular flexibility index (Phi) is 13.1. The van der Waals surface area contributed by atoms with Crippen LogP contribution in [0.25, 0.3) is 0 Å². The van der Waals surface area contributed by atoms with Crippen molar-refractivity contribution in [1.29, 1.82) is 0 Å².